The van der Waals surface area contributed by atoms with E-state index in [-0.39, 0.29) is 15.6 Å². The molecule has 0 atom stereocenters. The van der Waals surface area contributed by atoms with Crippen molar-refractivity contribution in [2.45, 2.75) is 18.1 Å². The number of aryl methyl sites for hydroxylation is 1. The third kappa shape index (κ3) is 3.58. The van der Waals surface area contributed by atoms with Gasteiger partial charge < -0.3 is 9.72 Å². The van der Waals surface area contributed by atoms with Crippen molar-refractivity contribution >= 4 is 38.6 Å². The highest BCUT2D eigenvalue weighted by atomic mass is 35.5. The third-order valence-electron chi connectivity index (χ3n) is 2.51. The fourth-order valence-corrected chi connectivity index (χ4v) is 4.24. The topological polar surface area (TPSA) is 88.3 Å². The van der Waals surface area contributed by atoms with Crippen molar-refractivity contribution in [2.24, 2.45) is 0 Å². The summed E-state index contributed by atoms with van der Waals surface area (Å²) in [7, 11) is -3.88. The van der Waals surface area contributed by atoms with Crippen LogP contribution in [0.5, 0.6) is 5.75 Å². The number of aromatic amines is 1. The zero-order valence-corrected chi connectivity index (χ0v) is 13.7. The number of anilines is 1. The molecule has 0 radical (unpaired) electrons. The first-order chi connectivity index (χ1) is 9.83. The summed E-state index contributed by atoms with van der Waals surface area (Å²) in [6, 6.07) is 4.63. The lowest BCUT2D eigenvalue weighted by molar-refractivity contribution is 0.342. The Labute approximate surface area is 130 Å². The Bertz CT molecular complexity index is 811. The number of nitrogens with one attached hydrogen (secondary N) is 2. The van der Waals surface area contributed by atoms with E-state index in [4.69, 9.17) is 16.3 Å². The molecule has 21 heavy (non-hydrogen) atoms. The van der Waals surface area contributed by atoms with Crippen molar-refractivity contribution < 1.29 is 13.2 Å². The number of aromatic nitrogens is 1. The van der Waals surface area contributed by atoms with Gasteiger partial charge >= 0.3 is 4.87 Å². The Morgan fingerprint density at radius 2 is 2.14 bits per heavy atom. The van der Waals surface area contributed by atoms with Crippen molar-refractivity contribution in [3.05, 3.63) is 38.6 Å². The summed E-state index contributed by atoms with van der Waals surface area (Å²) in [6.45, 7) is 3.69. The van der Waals surface area contributed by atoms with E-state index in [1.54, 1.807) is 19.1 Å². The number of hydrogen-bond acceptors (Lipinski definition) is 5. The largest absolute Gasteiger partial charge is 0.492 e. The molecule has 0 amide bonds. The van der Waals surface area contributed by atoms with Crippen molar-refractivity contribution in [3.8, 4) is 5.75 Å². The van der Waals surface area contributed by atoms with Gasteiger partial charge in [0.2, 0.25) is 0 Å². The standard InChI is InChI=1S/C12H13ClN2O4S2/c1-3-19-10-5-4-8(13)6-9(10)15-21(17,18)11-7(2)14-12(16)20-11/h4-6,15H,3H2,1-2H3,(H,14,16). The van der Waals surface area contributed by atoms with Crippen molar-refractivity contribution in [1.82, 2.24) is 4.98 Å². The monoisotopic (exact) mass is 348 g/mol. The van der Waals surface area contributed by atoms with E-state index >= 15 is 0 Å². The Hall–Kier alpha value is -1.51. The van der Waals surface area contributed by atoms with E-state index < -0.39 is 14.9 Å². The lowest BCUT2D eigenvalue weighted by Crippen LogP contribution is -2.13. The minimum Gasteiger partial charge on any atom is -0.492 e. The smallest absolute Gasteiger partial charge is 0.306 e. The number of sulfonamides is 1. The summed E-state index contributed by atoms with van der Waals surface area (Å²) in [5, 5.41) is 0.370. The van der Waals surface area contributed by atoms with Crippen LogP contribution in [0.2, 0.25) is 5.02 Å². The van der Waals surface area contributed by atoms with Gasteiger partial charge in [-0.3, -0.25) is 9.52 Å². The van der Waals surface area contributed by atoms with Gasteiger partial charge in [-0.25, -0.2) is 8.42 Å². The molecule has 2 aromatic rings. The average Bonchev–Trinajstić information content (AvgIpc) is 2.72. The van der Waals surface area contributed by atoms with Gasteiger partial charge in [0.15, 0.2) is 4.21 Å². The minimum atomic E-state index is -3.88. The molecule has 0 spiro atoms. The molecule has 0 aliphatic heterocycles. The van der Waals surface area contributed by atoms with Gasteiger partial charge in [0.25, 0.3) is 10.0 Å². The Morgan fingerprint density at radius 3 is 2.71 bits per heavy atom. The Kier molecular flexibility index (Phi) is 4.60. The fourth-order valence-electron chi connectivity index (χ4n) is 1.70. The molecular formula is C12H13ClN2O4S2. The first-order valence-corrected chi connectivity index (χ1v) is 8.66. The summed E-state index contributed by atoms with van der Waals surface area (Å²) >= 11 is 6.51. The van der Waals surface area contributed by atoms with Crippen LogP contribution in [0.15, 0.2) is 27.2 Å². The number of hydrogen-bond donors (Lipinski definition) is 2. The van der Waals surface area contributed by atoms with Gasteiger partial charge in [-0.15, -0.1) is 0 Å². The molecule has 0 aliphatic carbocycles. The maximum absolute atomic E-state index is 12.3. The number of ether oxygens (including phenoxy) is 1. The molecule has 2 N–H and O–H groups in total. The lowest BCUT2D eigenvalue weighted by Gasteiger charge is -2.12. The molecule has 1 aromatic carbocycles. The molecule has 1 aromatic heterocycles. The second kappa shape index (κ2) is 6.08. The maximum Gasteiger partial charge on any atom is 0.306 e. The predicted molar refractivity (Wildman–Crippen MR) is 83.1 cm³/mol. The normalized spacial score (nSPS) is 11.4. The minimum absolute atomic E-state index is 0.0603. The van der Waals surface area contributed by atoms with Crippen molar-refractivity contribution in [2.75, 3.05) is 11.3 Å². The molecule has 0 bridgehead atoms. The highest BCUT2D eigenvalue weighted by Gasteiger charge is 2.22. The van der Waals surface area contributed by atoms with Crippen LogP contribution in [0.1, 0.15) is 12.6 Å². The summed E-state index contributed by atoms with van der Waals surface area (Å²) in [5.41, 5.74) is 0.516. The van der Waals surface area contributed by atoms with Gasteiger partial charge in [0.1, 0.15) is 5.75 Å². The van der Waals surface area contributed by atoms with E-state index in [9.17, 15) is 13.2 Å². The Morgan fingerprint density at radius 1 is 1.43 bits per heavy atom. The van der Waals surface area contributed by atoms with Gasteiger partial charge in [0, 0.05) is 10.7 Å². The molecule has 0 unspecified atom stereocenters. The zero-order valence-electron chi connectivity index (χ0n) is 11.3. The quantitative estimate of drug-likeness (QED) is 0.869. The lowest BCUT2D eigenvalue weighted by atomic mass is 10.3. The van der Waals surface area contributed by atoms with Crippen LogP contribution >= 0.6 is 22.9 Å². The Balaban J connectivity index is 2.43. The maximum atomic E-state index is 12.3. The second-order valence-electron chi connectivity index (χ2n) is 4.11. The molecule has 6 nitrogen and oxygen atoms in total. The number of halogens is 1. The zero-order chi connectivity index (χ0) is 15.6. The molecular weight excluding hydrogens is 336 g/mol. The van der Waals surface area contributed by atoms with E-state index in [0.29, 0.717) is 28.7 Å². The fraction of sp³-hybridized carbons (Fsp3) is 0.250. The molecule has 0 aliphatic rings. The summed E-state index contributed by atoms with van der Waals surface area (Å²) in [6.07, 6.45) is 0. The van der Waals surface area contributed by atoms with Crippen LogP contribution in [0.4, 0.5) is 5.69 Å². The van der Waals surface area contributed by atoms with Crippen molar-refractivity contribution in [3.63, 3.8) is 0 Å². The highest BCUT2D eigenvalue weighted by Crippen LogP contribution is 2.31. The van der Waals surface area contributed by atoms with Crippen molar-refractivity contribution in [1.29, 1.82) is 0 Å². The van der Waals surface area contributed by atoms with E-state index in [2.05, 4.69) is 9.71 Å². The van der Waals surface area contributed by atoms with Crippen LogP contribution in [0, 0.1) is 6.92 Å². The summed E-state index contributed by atoms with van der Waals surface area (Å²) < 4.78 is 32.4. The average molecular weight is 349 g/mol. The number of thiazole rings is 1. The van der Waals surface area contributed by atoms with Gasteiger partial charge in [0.05, 0.1) is 12.3 Å². The molecule has 1 heterocycles. The van der Waals surface area contributed by atoms with Crippen LogP contribution in [-0.4, -0.2) is 20.0 Å². The van der Waals surface area contributed by atoms with Crippen LogP contribution in [-0.2, 0) is 10.0 Å². The third-order valence-corrected chi connectivity index (χ3v) is 5.72. The van der Waals surface area contributed by atoms with E-state index in [1.165, 1.54) is 13.0 Å². The van der Waals surface area contributed by atoms with Gasteiger partial charge in [-0.05, 0) is 32.0 Å². The van der Waals surface area contributed by atoms with Gasteiger partial charge in [-0.1, -0.05) is 22.9 Å². The van der Waals surface area contributed by atoms with Gasteiger partial charge in [-0.2, -0.15) is 0 Å². The van der Waals surface area contributed by atoms with Crippen LogP contribution in [0.25, 0.3) is 0 Å². The second-order valence-corrected chi connectivity index (χ2v) is 7.40. The van der Waals surface area contributed by atoms with E-state index in [1.807, 2.05) is 0 Å². The number of rotatable bonds is 5. The first-order valence-electron chi connectivity index (χ1n) is 5.98. The molecule has 0 fully saturated rings. The van der Waals surface area contributed by atoms with Crippen LogP contribution < -0.4 is 14.3 Å². The van der Waals surface area contributed by atoms with E-state index in [0.717, 1.165) is 0 Å². The molecule has 2 rings (SSSR count). The van der Waals surface area contributed by atoms with Crippen LogP contribution in [0.3, 0.4) is 0 Å². The SMILES string of the molecule is CCOc1ccc(Cl)cc1NS(=O)(=O)c1sc(=O)[nH]c1C. The number of H-pyrrole nitrogens is 1. The first kappa shape index (κ1) is 15.9. The highest BCUT2D eigenvalue weighted by molar-refractivity contribution is 7.94. The molecule has 9 heteroatoms. The molecule has 114 valence electrons. The predicted octanol–water partition coefficient (Wildman–Crippen LogP) is 2.60. The summed E-state index contributed by atoms with van der Waals surface area (Å²) in [4.78, 5) is 13.3. The summed E-state index contributed by atoms with van der Waals surface area (Å²) in [5.74, 6) is 0.367. The molecule has 0 saturated carbocycles. The molecule has 0 saturated heterocycles. The number of benzene rings is 1.